The highest BCUT2D eigenvalue weighted by atomic mass is 16.5. The third-order valence-electron chi connectivity index (χ3n) is 4.15. The molecular weight excluding hydrogens is 256 g/mol. The predicted molar refractivity (Wildman–Crippen MR) is 76.2 cm³/mol. The van der Waals surface area contributed by atoms with Crippen LogP contribution in [-0.4, -0.2) is 48.6 Å². The van der Waals surface area contributed by atoms with Gasteiger partial charge in [-0.15, -0.1) is 0 Å². The summed E-state index contributed by atoms with van der Waals surface area (Å²) in [5, 5.41) is 2.82. The minimum atomic E-state index is -0.346. The van der Waals surface area contributed by atoms with Crippen LogP contribution in [0.25, 0.3) is 0 Å². The van der Waals surface area contributed by atoms with E-state index in [0.29, 0.717) is 38.6 Å². The van der Waals surface area contributed by atoms with Crippen LogP contribution in [0.3, 0.4) is 0 Å². The van der Waals surface area contributed by atoms with Gasteiger partial charge in [0.1, 0.15) is 6.04 Å². The van der Waals surface area contributed by atoms with Crippen molar-refractivity contribution in [3.05, 3.63) is 0 Å². The van der Waals surface area contributed by atoms with Crippen LogP contribution in [0.15, 0.2) is 0 Å². The highest BCUT2D eigenvalue weighted by Gasteiger charge is 2.29. The van der Waals surface area contributed by atoms with Gasteiger partial charge in [0, 0.05) is 19.5 Å². The fourth-order valence-corrected chi connectivity index (χ4v) is 2.99. The Balaban J connectivity index is 1.81. The van der Waals surface area contributed by atoms with Gasteiger partial charge in [0.25, 0.3) is 0 Å². The van der Waals surface area contributed by atoms with E-state index in [1.807, 2.05) is 6.92 Å². The highest BCUT2D eigenvalue weighted by Crippen LogP contribution is 2.20. The SMILES string of the molecule is CCCC1NC(=O)CCN(CCOC2CCCC2)C1=O. The van der Waals surface area contributed by atoms with Gasteiger partial charge in [-0.05, 0) is 19.3 Å². The van der Waals surface area contributed by atoms with Crippen molar-refractivity contribution in [2.75, 3.05) is 19.7 Å². The highest BCUT2D eigenvalue weighted by molar-refractivity contribution is 5.89. The van der Waals surface area contributed by atoms with Crippen LogP contribution in [0.4, 0.5) is 0 Å². The van der Waals surface area contributed by atoms with Gasteiger partial charge in [-0.2, -0.15) is 0 Å². The summed E-state index contributed by atoms with van der Waals surface area (Å²) >= 11 is 0. The van der Waals surface area contributed by atoms with Gasteiger partial charge in [0.2, 0.25) is 11.8 Å². The van der Waals surface area contributed by atoms with Gasteiger partial charge in [0.15, 0.2) is 0 Å². The molecule has 114 valence electrons. The Morgan fingerprint density at radius 3 is 2.75 bits per heavy atom. The second kappa shape index (κ2) is 7.62. The fraction of sp³-hybridized carbons (Fsp3) is 0.867. The third kappa shape index (κ3) is 4.20. The molecule has 1 unspecified atom stereocenters. The van der Waals surface area contributed by atoms with Crippen LogP contribution in [0.5, 0.6) is 0 Å². The second-order valence-electron chi connectivity index (χ2n) is 5.76. The maximum absolute atomic E-state index is 12.4. The van der Waals surface area contributed by atoms with E-state index in [9.17, 15) is 9.59 Å². The van der Waals surface area contributed by atoms with Crippen molar-refractivity contribution in [3.8, 4) is 0 Å². The second-order valence-corrected chi connectivity index (χ2v) is 5.76. The molecule has 2 aliphatic rings. The first-order valence-corrected chi connectivity index (χ1v) is 7.90. The van der Waals surface area contributed by atoms with Crippen LogP contribution in [0, 0.1) is 0 Å². The van der Waals surface area contributed by atoms with Crippen molar-refractivity contribution >= 4 is 11.8 Å². The van der Waals surface area contributed by atoms with Gasteiger partial charge in [0.05, 0.1) is 12.7 Å². The molecule has 2 rings (SSSR count). The number of ether oxygens (including phenoxy) is 1. The topological polar surface area (TPSA) is 58.6 Å². The standard InChI is InChI=1S/C15H26N2O3/c1-2-5-13-15(19)17(9-8-14(18)16-13)10-11-20-12-6-3-4-7-12/h12-13H,2-11H2,1H3,(H,16,18). The van der Waals surface area contributed by atoms with E-state index in [1.54, 1.807) is 4.90 Å². The molecule has 1 saturated carbocycles. The molecule has 1 aliphatic carbocycles. The number of carbonyl (C=O) groups excluding carboxylic acids is 2. The zero-order chi connectivity index (χ0) is 14.4. The Bertz CT molecular complexity index is 340. The molecule has 5 heteroatoms. The van der Waals surface area contributed by atoms with Crippen molar-refractivity contribution in [2.24, 2.45) is 0 Å². The first-order valence-electron chi connectivity index (χ1n) is 7.90. The van der Waals surface area contributed by atoms with Crippen LogP contribution in [0.1, 0.15) is 51.9 Å². The van der Waals surface area contributed by atoms with E-state index >= 15 is 0 Å². The Labute approximate surface area is 121 Å². The van der Waals surface area contributed by atoms with Gasteiger partial charge in [-0.25, -0.2) is 0 Å². The molecule has 5 nitrogen and oxygen atoms in total. The molecule has 2 amide bonds. The molecule has 20 heavy (non-hydrogen) atoms. The smallest absolute Gasteiger partial charge is 0.245 e. The van der Waals surface area contributed by atoms with E-state index in [1.165, 1.54) is 12.8 Å². The third-order valence-corrected chi connectivity index (χ3v) is 4.15. The summed E-state index contributed by atoms with van der Waals surface area (Å²) in [5.74, 6) is 0.0312. The zero-order valence-corrected chi connectivity index (χ0v) is 12.4. The number of rotatable bonds is 6. The molecule has 0 aromatic carbocycles. The molecule has 0 spiro atoms. The van der Waals surface area contributed by atoms with Gasteiger partial charge in [-0.3, -0.25) is 9.59 Å². The summed E-state index contributed by atoms with van der Waals surface area (Å²) < 4.78 is 5.82. The molecule has 0 bridgehead atoms. The van der Waals surface area contributed by atoms with E-state index in [-0.39, 0.29) is 17.9 Å². The van der Waals surface area contributed by atoms with E-state index in [2.05, 4.69) is 5.32 Å². The minimum absolute atomic E-state index is 0.0176. The van der Waals surface area contributed by atoms with Gasteiger partial charge < -0.3 is 15.0 Å². The first kappa shape index (κ1) is 15.3. The van der Waals surface area contributed by atoms with Crippen molar-refractivity contribution in [3.63, 3.8) is 0 Å². The molecule has 1 aliphatic heterocycles. The number of nitrogens with one attached hydrogen (secondary N) is 1. The van der Waals surface area contributed by atoms with Crippen LogP contribution in [0.2, 0.25) is 0 Å². The average Bonchev–Trinajstić information content (AvgIpc) is 2.90. The number of amides is 2. The van der Waals surface area contributed by atoms with Crippen molar-refractivity contribution in [1.29, 1.82) is 0 Å². The zero-order valence-electron chi connectivity index (χ0n) is 12.4. The quantitative estimate of drug-likeness (QED) is 0.802. The summed E-state index contributed by atoms with van der Waals surface area (Å²) in [6.45, 7) is 3.73. The number of carbonyl (C=O) groups is 2. The number of hydrogen-bond acceptors (Lipinski definition) is 3. The summed E-state index contributed by atoms with van der Waals surface area (Å²) in [4.78, 5) is 25.8. The predicted octanol–water partition coefficient (Wildman–Crippen LogP) is 1.46. The van der Waals surface area contributed by atoms with Gasteiger partial charge in [-0.1, -0.05) is 26.2 Å². The lowest BCUT2D eigenvalue weighted by Gasteiger charge is -2.24. The summed E-state index contributed by atoms with van der Waals surface area (Å²) in [6, 6.07) is -0.346. The number of hydrogen-bond donors (Lipinski definition) is 1. The monoisotopic (exact) mass is 282 g/mol. The van der Waals surface area contributed by atoms with Crippen LogP contribution in [-0.2, 0) is 14.3 Å². The molecule has 1 atom stereocenters. The van der Waals surface area contributed by atoms with Gasteiger partial charge >= 0.3 is 0 Å². The molecule has 1 N–H and O–H groups in total. The lowest BCUT2D eigenvalue weighted by molar-refractivity contribution is -0.134. The average molecular weight is 282 g/mol. The van der Waals surface area contributed by atoms with E-state index in [4.69, 9.17) is 4.74 Å². The Kier molecular flexibility index (Phi) is 5.83. The lowest BCUT2D eigenvalue weighted by atomic mass is 10.1. The van der Waals surface area contributed by atoms with Crippen molar-refractivity contribution in [2.45, 2.75) is 64.0 Å². The fourth-order valence-electron chi connectivity index (χ4n) is 2.99. The molecule has 0 aromatic rings. The Morgan fingerprint density at radius 2 is 2.05 bits per heavy atom. The van der Waals surface area contributed by atoms with Crippen LogP contribution >= 0.6 is 0 Å². The van der Waals surface area contributed by atoms with E-state index < -0.39 is 0 Å². The normalized spacial score (nSPS) is 24.9. The maximum Gasteiger partial charge on any atom is 0.245 e. The van der Waals surface area contributed by atoms with E-state index in [0.717, 1.165) is 19.3 Å². The molecule has 0 radical (unpaired) electrons. The Morgan fingerprint density at radius 1 is 1.30 bits per heavy atom. The largest absolute Gasteiger partial charge is 0.376 e. The van der Waals surface area contributed by atoms with Crippen LogP contribution < -0.4 is 5.32 Å². The minimum Gasteiger partial charge on any atom is -0.376 e. The molecule has 1 saturated heterocycles. The van der Waals surface area contributed by atoms with Crippen molar-refractivity contribution in [1.82, 2.24) is 10.2 Å². The van der Waals surface area contributed by atoms with Crippen molar-refractivity contribution < 1.29 is 14.3 Å². The number of nitrogens with zero attached hydrogens (tertiary/aromatic N) is 1. The maximum atomic E-state index is 12.4. The summed E-state index contributed by atoms with van der Waals surface area (Å²) in [7, 11) is 0. The molecule has 0 aromatic heterocycles. The lowest BCUT2D eigenvalue weighted by Crippen LogP contribution is -2.45. The molecule has 2 fully saturated rings. The molecule has 1 heterocycles. The Hall–Kier alpha value is -1.10. The molecular formula is C15H26N2O3. The summed E-state index contributed by atoms with van der Waals surface area (Å²) in [6.07, 6.45) is 7.18. The summed E-state index contributed by atoms with van der Waals surface area (Å²) in [5.41, 5.74) is 0. The first-order chi connectivity index (χ1) is 9.70.